The smallest absolute Gasteiger partial charge is 0.311 e. The van der Waals surface area contributed by atoms with E-state index in [2.05, 4.69) is 9.59 Å². The van der Waals surface area contributed by atoms with E-state index in [4.69, 9.17) is 0 Å². The summed E-state index contributed by atoms with van der Waals surface area (Å²) in [5.41, 5.74) is -0.157. The number of rotatable bonds is 3. The number of piperidine rings is 1. The van der Waals surface area contributed by atoms with Crippen molar-refractivity contribution in [1.29, 1.82) is 0 Å². The number of aryl methyl sites for hydroxylation is 1. The quantitative estimate of drug-likeness (QED) is 0.907. The first kappa shape index (κ1) is 13.9. The highest BCUT2D eigenvalue weighted by Gasteiger charge is 2.40. The van der Waals surface area contributed by atoms with E-state index in [1.165, 1.54) is 0 Å². The van der Waals surface area contributed by atoms with E-state index >= 15 is 0 Å². The molecule has 1 atom stereocenters. The normalized spacial score (nSPS) is 23.4. The molecule has 0 bridgehead atoms. The molecular formula is C12H17N3O3S. The highest BCUT2D eigenvalue weighted by Crippen LogP contribution is 2.31. The predicted octanol–water partition coefficient (Wildman–Crippen LogP) is 1.43. The Balaban J connectivity index is 2.18. The Labute approximate surface area is 115 Å². The van der Waals surface area contributed by atoms with Crippen LogP contribution in [-0.2, 0) is 11.2 Å². The van der Waals surface area contributed by atoms with Crippen molar-refractivity contribution in [3.05, 3.63) is 10.6 Å². The maximum absolute atomic E-state index is 12.4. The average molecular weight is 283 g/mol. The minimum absolute atomic E-state index is 0.140. The molecule has 104 valence electrons. The fourth-order valence-electron chi connectivity index (χ4n) is 2.33. The van der Waals surface area contributed by atoms with Gasteiger partial charge in [0.15, 0.2) is 0 Å². The molecule has 19 heavy (non-hydrogen) atoms. The lowest BCUT2D eigenvalue weighted by molar-refractivity contribution is -0.150. The molecule has 1 aromatic rings. The van der Waals surface area contributed by atoms with E-state index in [9.17, 15) is 14.7 Å². The summed E-state index contributed by atoms with van der Waals surface area (Å²) in [6.07, 6.45) is 1.97. The zero-order valence-electron chi connectivity index (χ0n) is 11.0. The number of aromatic nitrogens is 2. The van der Waals surface area contributed by atoms with E-state index < -0.39 is 11.4 Å². The second kappa shape index (κ2) is 5.24. The van der Waals surface area contributed by atoms with Crippen molar-refractivity contribution in [2.24, 2.45) is 5.41 Å². The summed E-state index contributed by atoms with van der Waals surface area (Å²) in [7, 11) is 0. The van der Waals surface area contributed by atoms with Crippen molar-refractivity contribution < 1.29 is 14.7 Å². The Hall–Kier alpha value is -1.50. The van der Waals surface area contributed by atoms with Gasteiger partial charge >= 0.3 is 5.97 Å². The molecule has 0 spiro atoms. The van der Waals surface area contributed by atoms with Gasteiger partial charge in [-0.2, -0.15) is 0 Å². The summed E-state index contributed by atoms with van der Waals surface area (Å²) < 4.78 is 3.81. The lowest BCUT2D eigenvalue weighted by Gasteiger charge is -2.37. The molecule has 1 N–H and O–H groups in total. The van der Waals surface area contributed by atoms with Crippen molar-refractivity contribution in [1.82, 2.24) is 14.5 Å². The molecule has 1 saturated heterocycles. The molecular weight excluding hydrogens is 266 g/mol. The molecule has 7 heteroatoms. The summed E-state index contributed by atoms with van der Waals surface area (Å²) in [5.74, 6) is -0.984. The van der Waals surface area contributed by atoms with Crippen LogP contribution in [0.2, 0.25) is 0 Å². The van der Waals surface area contributed by atoms with E-state index in [-0.39, 0.29) is 12.5 Å². The van der Waals surface area contributed by atoms with Crippen LogP contribution in [0.4, 0.5) is 0 Å². The van der Waals surface area contributed by atoms with Crippen molar-refractivity contribution in [2.75, 3.05) is 13.1 Å². The zero-order valence-corrected chi connectivity index (χ0v) is 11.9. The highest BCUT2D eigenvalue weighted by molar-refractivity contribution is 7.08. The minimum Gasteiger partial charge on any atom is -0.481 e. The zero-order chi connectivity index (χ0) is 14.0. The van der Waals surface area contributed by atoms with Gasteiger partial charge in [-0.3, -0.25) is 9.59 Å². The molecule has 0 aromatic carbocycles. The van der Waals surface area contributed by atoms with Gasteiger partial charge in [-0.25, -0.2) is 0 Å². The number of nitrogens with zero attached hydrogens (tertiary/aromatic N) is 3. The third kappa shape index (κ3) is 2.60. The first-order valence-electron chi connectivity index (χ1n) is 6.32. The molecule has 1 aliphatic heterocycles. The number of carboxylic acids is 1. The van der Waals surface area contributed by atoms with E-state index in [1.54, 1.807) is 11.8 Å². The molecule has 1 amide bonds. The second-order valence-corrected chi connectivity index (χ2v) is 5.85. The van der Waals surface area contributed by atoms with Crippen LogP contribution in [0.15, 0.2) is 0 Å². The first-order valence-corrected chi connectivity index (χ1v) is 7.09. The minimum atomic E-state index is -0.849. The van der Waals surface area contributed by atoms with Crippen LogP contribution < -0.4 is 0 Å². The molecule has 0 aliphatic carbocycles. The topological polar surface area (TPSA) is 83.4 Å². The molecule has 1 unspecified atom stereocenters. The van der Waals surface area contributed by atoms with Gasteiger partial charge < -0.3 is 10.0 Å². The molecule has 6 nitrogen and oxygen atoms in total. The van der Waals surface area contributed by atoms with E-state index in [0.29, 0.717) is 36.4 Å². The van der Waals surface area contributed by atoms with Gasteiger partial charge in [-0.1, -0.05) is 11.4 Å². The first-order chi connectivity index (χ1) is 8.98. The Bertz CT molecular complexity index is 502. The Morgan fingerprint density at radius 1 is 1.53 bits per heavy atom. The number of carbonyl (C=O) groups excluding carboxylic acids is 1. The maximum Gasteiger partial charge on any atom is 0.311 e. The van der Waals surface area contributed by atoms with Crippen LogP contribution in [0.1, 0.15) is 42.1 Å². The standard InChI is InChI=1S/C12H17N3O3S/c1-3-8-9(19-14-13-8)10(16)15-6-4-5-12(2,7-15)11(17)18/h3-7H2,1-2H3,(H,17,18). The van der Waals surface area contributed by atoms with Gasteiger partial charge in [0.2, 0.25) is 0 Å². The van der Waals surface area contributed by atoms with Crippen LogP contribution in [0.3, 0.4) is 0 Å². The average Bonchev–Trinajstić information content (AvgIpc) is 2.86. The van der Waals surface area contributed by atoms with Crippen molar-refractivity contribution in [2.45, 2.75) is 33.1 Å². The molecule has 0 radical (unpaired) electrons. The van der Waals surface area contributed by atoms with E-state index in [0.717, 1.165) is 11.5 Å². The summed E-state index contributed by atoms with van der Waals surface area (Å²) in [6.45, 7) is 4.47. The van der Waals surface area contributed by atoms with Gasteiger partial charge in [0, 0.05) is 13.1 Å². The number of carboxylic acid groups (broad SMARTS) is 1. The monoisotopic (exact) mass is 283 g/mol. The van der Waals surface area contributed by atoms with Gasteiger partial charge in [0.05, 0.1) is 11.1 Å². The summed E-state index contributed by atoms with van der Waals surface area (Å²) in [5, 5.41) is 13.2. The Morgan fingerprint density at radius 2 is 2.26 bits per heavy atom. The number of likely N-dealkylation sites (tertiary alicyclic amines) is 1. The SMILES string of the molecule is CCc1nnsc1C(=O)N1CCCC(C)(C(=O)O)C1. The lowest BCUT2D eigenvalue weighted by Crippen LogP contribution is -2.48. The number of carbonyl (C=O) groups is 2. The van der Waals surface area contributed by atoms with Gasteiger partial charge in [-0.05, 0) is 37.7 Å². The largest absolute Gasteiger partial charge is 0.481 e. The van der Waals surface area contributed by atoms with Gasteiger partial charge in [-0.15, -0.1) is 5.10 Å². The second-order valence-electron chi connectivity index (χ2n) is 5.10. The van der Waals surface area contributed by atoms with Crippen LogP contribution in [0, 0.1) is 5.41 Å². The third-order valence-electron chi connectivity index (χ3n) is 3.58. The fourth-order valence-corrected chi connectivity index (χ4v) is 3.05. The van der Waals surface area contributed by atoms with Crippen LogP contribution in [-0.4, -0.2) is 44.6 Å². The van der Waals surface area contributed by atoms with Crippen molar-refractivity contribution >= 4 is 23.4 Å². The predicted molar refractivity (Wildman–Crippen MR) is 70.2 cm³/mol. The molecule has 1 aromatic heterocycles. The lowest BCUT2D eigenvalue weighted by atomic mass is 9.82. The fraction of sp³-hybridized carbons (Fsp3) is 0.667. The number of hydrogen-bond donors (Lipinski definition) is 1. The van der Waals surface area contributed by atoms with Crippen LogP contribution in [0.5, 0.6) is 0 Å². The number of aliphatic carboxylic acids is 1. The molecule has 2 heterocycles. The van der Waals surface area contributed by atoms with Gasteiger partial charge in [0.1, 0.15) is 4.88 Å². The molecule has 2 rings (SSSR count). The number of hydrogen-bond acceptors (Lipinski definition) is 5. The molecule has 1 fully saturated rings. The maximum atomic E-state index is 12.4. The summed E-state index contributed by atoms with van der Waals surface area (Å²) >= 11 is 1.08. The third-order valence-corrected chi connectivity index (χ3v) is 4.34. The summed E-state index contributed by atoms with van der Waals surface area (Å²) in [4.78, 5) is 25.9. The van der Waals surface area contributed by atoms with Crippen molar-refractivity contribution in [3.8, 4) is 0 Å². The highest BCUT2D eigenvalue weighted by atomic mass is 32.1. The Kier molecular flexibility index (Phi) is 3.84. The Morgan fingerprint density at radius 3 is 2.89 bits per heavy atom. The van der Waals surface area contributed by atoms with Crippen LogP contribution in [0.25, 0.3) is 0 Å². The van der Waals surface area contributed by atoms with Crippen molar-refractivity contribution in [3.63, 3.8) is 0 Å². The summed E-state index contributed by atoms with van der Waals surface area (Å²) in [6, 6.07) is 0. The molecule has 1 aliphatic rings. The van der Waals surface area contributed by atoms with Gasteiger partial charge in [0.25, 0.3) is 5.91 Å². The molecule has 0 saturated carbocycles. The van der Waals surface area contributed by atoms with Crippen LogP contribution >= 0.6 is 11.5 Å². The van der Waals surface area contributed by atoms with E-state index in [1.807, 2.05) is 6.92 Å². The number of amides is 1.